The van der Waals surface area contributed by atoms with E-state index in [2.05, 4.69) is 5.32 Å². The van der Waals surface area contributed by atoms with Crippen LogP contribution in [0, 0.1) is 5.92 Å². The molecule has 0 aromatic rings. The Morgan fingerprint density at radius 1 is 1.13 bits per heavy atom. The van der Waals surface area contributed by atoms with Gasteiger partial charge in [-0.1, -0.05) is 12.8 Å². The van der Waals surface area contributed by atoms with Crippen molar-refractivity contribution in [3.8, 4) is 0 Å². The van der Waals surface area contributed by atoms with Crippen LogP contribution < -0.4 is 5.32 Å². The average molecular weight is 326 g/mol. The second kappa shape index (κ2) is 8.34. The Kier molecular flexibility index (Phi) is 6.72. The first-order valence-electron chi connectivity index (χ1n) is 9.25. The van der Waals surface area contributed by atoms with Crippen LogP contribution in [0.3, 0.4) is 0 Å². The Balaban J connectivity index is 1.80. The molecule has 2 aliphatic rings. The Labute approximate surface area is 140 Å². The van der Waals surface area contributed by atoms with Gasteiger partial charge in [0.05, 0.1) is 6.10 Å². The molecule has 1 aliphatic carbocycles. The lowest BCUT2D eigenvalue weighted by Gasteiger charge is -2.37. The molecule has 23 heavy (non-hydrogen) atoms. The van der Waals surface area contributed by atoms with E-state index in [-0.39, 0.29) is 18.2 Å². The molecular formula is C18H34N2O3. The first kappa shape index (κ1) is 18.5. The van der Waals surface area contributed by atoms with Gasteiger partial charge in [-0.05, 0) is 58.8 Å². The number of rotatable bonds is 4. The molecule has 5 heteroatoms. The van der Waals surface area contributed by atoms with Crippen molar-refractivity contribution < 1.29 is 14.6 Å². The van der Waals surface area contributed by atoms with Gasteiger partial charge in [0.15, 0.2) is 0 Å². The second-order valence-electron chi connectivity index (χ2n) is 8.09. The highest BCUT2D eigenvalue weighted by Gasteiger charge is 2.30. The van der Waals surface area contributed by atoms with Crippen LogP contribution in [0.15, 0.2) is 0 Å². The van der Waals surface area contributed by atoms with Gasteiger partial charge < -0.3 is 20.1 Å². The minimum absolute atomic E-state index is 0.162. The van der Waals surface area contributed by atoms with E-state index >= 15 is 0 Å². The van der Waals surface area contributed by atoms with Gasteiger partial charge in [0.2, 0.25) is 0 Å². The minimum atomic E-state index is -0.446. The third kappa shape index (κ3) is 5.96. The van der Waals surface area contributed by atoms with Gasteiger partial charge in [-0.3, -0.25) is 0 Å². The number of piperidine rings is 1. The number of nitrogens with one attached hydrogen (secondary N) is 1. The van der Waals surface area contributed by atoms with Crippen LogP contribution in [0.2, 0.25) is 0 Å². The normalized spacial score (nSPS) is 29.4. The molecule has 2 N–H and O–H groups in total. The largest absolute Gasteiger partial charge is 0.444 e. The van der Waals surface area contributed by atoms with Crippen molar-refractivity contribution in [2.24, 2.45) is 5.92 Å². The van der Waals surface area contributed by atoms with Gasteiger partial charge in [-0.15, -0.1) is 0 Å². The quantitative estimate of drug-likeness (QED) is 0.834. The zero-order chi connectivity index (χ0) is 16.9. The molecule has 2 rings (SSSR count). The minimum Gasteiger partial charge on any atom is -0.444 e. The maximum atomic E-state index is 12.4. The Hall–Kier alpha value is -0.810. The van der Waals surface area contributed by atoms with Crippen molar-refractivity contribution in [1.82, 2.24) is 10.2 Å². The predicted octanol–water partition coefficient (Wildman–Crippen LogP) is 2.92. The van der Waals surface area contributed by atoms with Crippen LogP contribution in [0.1, 0.15) is 65.7 Å². The maximum absolute atomic E-state index is 12.4. The number of aliphatic hydroxyl groups is 1. The van der Waals surface area contributed by atoms with Crippen LogP contribution in [0.25, 0.3) is 0 Å². The van der Waals surface area contributed by atoms with Crippen molar-refractivity contribution in [3.63, 3.8) is 0 Å². The van der Waals surface area contributed by atoms with E-state index in [1.165, 1.54) is 6.42 Å². The highest BCUT2D eigenvalue weighted by molar-refractivity contribution is 5.68. The number of carbonyl (C=O) groups excluding carboxylic acids is 1. The van der Waals surface area contributed by atoms with Gasteiger partial charge in [0, 0.05) is 25.7 Å². The molecule has 0 spiro atoms. The molecule has 0 aromatic carbocycles. The van der Waals surface area contributed by atoms with Crippen molar-refractivity contribution in [1.29, 1.82) is 0 Å². The fourth-order valence-electron chi connectivity index (χ4n) is 3.64. The summed E-state index contributed by atoms with van der Waals surface area (Å²) >= 11 is 0. The van der Waals surface area contributed by atoms with E-state index in [0.29, 0.717) is 5.92 Å². The lowest BCUT2D eigenvalue weighted by atomic mass is 9.86. The summed E-state index contributed by atoms with van der Waals surface area (Å²) in [6.07, 6.45) is 7.29. The number of hydrogen-bond donors (Lipinski definition) is 2. The smallest absolute Gasteiger partial charge is 0.410 e. The van der Waals surface area contributed by atoms with Crippen LogP contribution in [0.5, 0.6) is 0 Å². The molecule has 3 atom stereocenters. The number of carbonyl (C=O) groups is 1. The van der Waals surface area contributed by atoms with Gasteiger partial charge in [-0.2, -0.15) is 0 Å². The lowest BCUT2D eigenvalue weighted by Crippen LogP contribution is -2.50. The number of amides is 1. The summed E-state index contributed by atoms with van der Waals surface area (Å²) in [5, 5.41) is 13.5. The molecule has 1 amide bonds. The molecule has 1 saturated heterocycles. The molecule has 1 saturated carbocycles. The summed E-state index contributed by atoms with van der Waals surface area (Å²) in [7, 11) is 0. The summed E-state index contributed by atoms with van der Waals surface area (Å²) in [5.74, 6) is 0.363. The number of aliphatic hydroxyl groups excluding tert-OH is 1. The number of nitrogens with zero attached hydrogens (tertiary/aromatic N) is 1. The molecular weight excluding hydrogens is 292 g/mol. The van der Waals surface area contributed by atoms with Crippen molar-refractivity contribution in [2.45, 2.75) is 83.5 Å². The van der Waals surface area contributed by atoms with Crippen molar-refractivity contribution in [3.05, 3.63) is 0 Å². The fourth-order valence-corrected chi connectivity index (χ4v) is 3.64. The standard InChI is InChI=1S/C18H34N2O3/c1-18(2,3)23-17(22)20-11-7-6-9-15(20)13-19-12-14-8-4-5-10-16(14)21/h14-16,19,21H,4-13H2,1-3H3. The predicted molar refractivity (Wildman–Crippen MR) is 91.4 cm³/mol. The topological polar surface area (TPSA) is 61.8 Å². The van der Waals surface area contributed by atoms with E-state index in [1.54, 1.807) is 0 Å². The summed E-state index contributed by atoms with van der Waals surface area (Å²) in [4.78, 5) is 14.3. The fraction of sp³-hybridized carbons (Fsp3) is 0.944. The molecule has 2 fully saturated rings. The monoisotopic (exact) mass is 326 g/mol. The average Bonchev–Trinajstić information content (AvgIpc) is 2.48. The molecule has 0 radical (unpaired) electrons. The number of likely N-dealkylation sites (tertiary alicyclic amines) is 1. The number of ether oxygens (including phenoxy) is 1. The summed E-state index contributed by atoms with van der Waals surface area (Å²) < 4.78 is 5.54. The van der Waals surface area contributed by atoms with E-state index in [4.69, 9.17) is 4.74 Å². The highest BCUT2D eigenvalue weighted by Crippen LogP contribution is 2.24. The Morgan fingerprint density at radius 3 is 2.52 bits per heavy atom. The van der Waals surface area contributed by atoms with E-state index in [9.17, 15) is 9.90 Å². The zero-order valence-electron chi connectivity index (χ0n) is 15.0. The van der Waals surface area contributed by atoms with E-state index < -0.39 is 5.60 Å². The zero-order valence-corrected chi connectivity index (χ0v) is 15.0. The summed E-state index contributed by atoms with van der Waals surface area (Å²) in [6.45, 7) is 8.15. The highest BCUT2D eigenvalue weighted by atomic mass is 16.6. The van der Waals surface area contributed by atoms with Crippen LogP contribution in [-0.2, 0) is 4.74 Å². The lowest BCUT2D eigenvalue weighted by molar-refractivity contribution is 0.00926. The third-order valence-corrected chi connectivity index (χ3v) is 4.91. The summed E-state index contributed by atoms with van der Waals surface area (Å²) in [6, 6.07) is 0.208. The Morgan fingerprint density at radius 2 is 1.83 bits per heavy atom. The van der Waals surface area contributed by atoms with E-state index in [1.807, 2.05) is 25.7 Å². The molecule has 0 bridgehead atoms. The van der Waals surface area contributed by atoms with Gasteiger partial charge in [-0.25, -0.2) is 4.79 Å². The molecule has 5 nitrogen and oxygen atoms in total. The van der Waals surface area contributed by atoms with Gasteiger partial charge in [0.25, 0.3) is 0 Å². The number of hydrogen-bond acceptors (Lipinski definition) is 4. The summed E-state index contributed by atoms with van der Waals surface area (Å²) in [5.41, 5.74) is -0.446. The SMILES string of the molecule is CC(C)(C)OC(=O)N1CCCCC1CNCC1CCCCC1O. The van der Waals surface area contributed by atoms with Crippen LogP contribution in [0.4, 0.5) is 4.79 Å². The Bertz CT molecular complexity index is 381. The molecule has 0 aromatic heterocycles. The second-order valence-corrected chi connectivity index (χ2v) is 8.09. The maximum Gasteiger partial charge on any atom is 0.410 e. The van der Waals surface area contributed by atoms with Gasteiger partial charge in [0.1, 0.15) is 5.60 Å². The van der Waals surface area contributed by atoms with Gasteiger partial charge >= 0.3 is 6.09 Å². The van der Waals surface area contributed by atoms with E-state index in [0.717, 1.165) is 58.2 Å². The molecule has 1 aliphatic heterocycles. The molecule has 134 valence electrons. The molecule has 1 heterocycles. The first-order valence-corrected chi connectivity index (χ1v) is 9.25. The first-order chi connectivity index (χ1) is 10.9. The van der Waals surface area contributed by atoms with Crippen LogP contribution >= 0.6 is 0 Å². The molecule has 3 unspecified atom stereocenters. The third-order valence-electron chi connectivity index (χ3n) is 4.91. The van der Waals surface area contributed by atoms with Crippen molar-refractivity contribution in [2.75, 3.05) is 19.6 Å². The van der Waals surface area contributed by atoms with Crippen molar-refractivity contribution >= 4 is 6.09 Å². The van der Waals surface area contributed by atoms with Crippen LogP contribution in [-0.4, -0.2) is 53.5 Å².